The van der Waals surface area contributed by atoms with E-state index >= 15 is 0 Å². The van der Waals surface area contributed by atoms with Crippen LogP contribution in [0.25, 0.3) is 11.8 Å². The molecular weight excluding hydrogens is 389 g/mol. The van der Waals surface area contributed by atoms with Crippen LogP contribution in [0.15, 0.2) is 41.1 Å². The second-order valence-corrected chi connectivity index (χ2v) is 7.06. The van der Waals surface area contributed by atoms with E-state index in [9.17, 15) is 9.18 Å². The van der Waals surface area contributed by atoms with Crippen LogP contribution in [0, 0.1) is 5.82 Å². The lowest BCUT2D eigenvalue weighted by atomic mass is 10.1. The van der Waals surface area contributed by atoms with E-state index in [1.807, 2.05) is 13.8 Å². The molecule has 2 unspecified atom stereocenters. The van der Waals surface area contributed by atoms with Crippen molar-refractivity contribution in [3.8, 4) is 5.69 Å². The molecule has 0 bridgehead atoms. The third-order valence-electron chi connectivity index (χ3n) is 3.92. The van der Waals surface area contributed by atoms with Crippen molar-refractivity contribution in [3.05, 3.63) is 52.5 Å². The highest BCUT2D eigenvalue weighted by Crippen LogP contribution is 2.18. The van der Waals surface area contributed by atoms with E-state index in [0.29, 0.717) is 24.3 Å². The number of nitrogens with zero attached hydrogens (tertiary/aromatic N) is 3. The van der Waals surface area contributed by atoms with Gasteiger partial charge in [0, 0.05) is 25.4 Å². The molecule has 1 aromatic carbocycles. The van der Waals surface area contributed by atoms with Crippen molar-refractivity contribution >= 4 is 27.9 Å². The van der Waals surface area contributed by atoms with Crippen molar-refractivity contribution in [2.75, 3.05) is 13.1 Å². The van der Waals surface area contributed by atoms with Crippen LogP contribution in [0.1, 0.15) is 19.4 Å². The van der Waals surface area contributed by atoms with Crippen LogP contribution in [0.3, 0.4) is 0 Å². The number of hydrogen-bond donors (Lipinski definition) is 0. The zero-order valence-electron chi connectivity index (χ0n) is 14.0. The standard InChI is InChI=1S/C18H19BrFN3O2/c1-12-9-22(10-13(2)25-12)18(24)6-4-14-3-5-17(16(20)7-14)23-11-15(19)8-21-23/h3-8,11-13H,9-10H2,1-2H3/b6-4+. The van der Waals surface area contributed by atoms with Gasteiger partial charge in [-0.05, 0) is 53.5 Å². The predicted octanol–water partition coefficient (Wildman–Crippen LogP) is 3.42. The maximum Gasteiger partial charge on any atom is 0.246 e. The van der Waals surface area contributed by atoms with Gasteiger partial charge in [0.1, 0.15) is 11.5 Å². The van der Waals surface area contributed by atoms with E-state index in [2.05, 4.69) is 21.0 Å². The third kappa shape index (κ3) is 4.35. The smallest absolute Gasteiger partial charge is 0.246 e. The number of halogens is 2. The first-order valence-corrected chi connectivity index (χ1v) is 8.84. The number of morpholine rings is 1. The minimum atomic E-state index is -0.404. The largest absolute Gasteiger partial charge is 0.372 e. The molecule has 5 nitrogen and oxygen atoms in total. The molecule has 2 aromatic rings. The fraction of sp³-hybridized carbons (Fsp3) is 0.333. The van der Waals surface area contributed by atoms with E-state index in [1.165, 1.54) is 16.8 Å². The van der Waals surface area contributed by atoms with Gasteiger partial charge < -0.3 is 9.64 Å². The molecule has 132 valence electrons. The summed E-state index contributed by atoms with van der Waals surface area (Å²) in [7, 11) is 0. The van der Waals surface area contributed by atoms with Crippen LogP contribution in [0.2, 0.25) is 0 Å². The first-order valence-electron chi connectivity index (χ1n) is 8.05. The highest BCUT2D eigenvalue weighted by atomic mass is 79.9. The normalized spacial score (nSPS) is 21.0. The van der Waals surface area contributed by atoms with Crippen molar-refractivity contribution in [3.63, 3.8) is 0 Å². The van der Waals surface area contributed by atoms with Crippen molar-refractivity contribution in [2.24, 2.45) is 0 Å². The third-order valence-corrected chi connectivity index (χ3v) is 4.33. The lowest BCUT2D eigenvalue weighted by Gasteiger charge is -2.34. The molecule has 2 heterocycles. The van der Waals surface area contributed by atoms with Crippen LogP contribution in [-0.2, 0) is 9.53 Å². The molecule has 1 aliphatic rings. The van der Waals surface area contributed by atoms with Crippen LogP contribution < -0.4 is 0 Å². The number of hydrogen-bond acceptors (Lipinski definition) is 3. The van der Waals surface area contributed by atoms with Gasteiger partial charge in [0.25, 0.3) is 0 Å². The highest BCUT2D eigenvalue weighted by molar-refractivity contribution is 9.10. The molecule has 1 saturated heterocycles. The summed E-state index contributed by atoms with van der Waals surface area (Å²) in [6.45, 7) is 5.02. The van der Waals surface area contributed by atoms with Gasteiger partial charge in [0.15, 0.2) is 0 Å². The van der Waals surface area contributed by atoms with E-state index in [-0.39, 0.29) is 18.1 Å². The second kappa shape index (κ2) is 7.49. The summed E-state index contributed by atoms with van der Waals surface area (Å²) in [4.78, 5) is 14.1. The average molecular weight is 408 g/mol. The van der Waals surface area contributed by atoms with Gasteiger partial charge >= 0.3 is 0 Å². The summed E-state index contributed by atoms with van der Waals surface area (Å²) >= 11 is 3.29. The van der Waals surface area contributed by atoms with E-state index in [1.54, 1.807) is 35.5 Å². The minimum Gasteiger partial charge on any atom is -0.372 e. The Bertz CT molecular complexity index is 795. The molecule has 0 aliphatic carbocycles. The molecule has 0 spiro atoms. The van der Waals surface area contributed by atoms with Crippen molar-refractivity contribution < 1.29 is 13.9 Å². The highest BCUT2D eigenvalue weighted by Gasteiger charge is 2.24. The number of amides is 1. The predicted molar refractivity (Wildman–Crippen MR) is 96.8 cm³/mol. The van der Waals surface area contributed by atoms with Crippen molar-refractivity contribution in [1.29, 1.82) is 0 Å². The lowest BCUT2D eigenvalue weighted by Crippen LogP contribution is -2.47. The molecule has 1 aliphatic heterocycles. The number of benzene rings is 1. The Balaban J connectivity index is 1.71. The Labute approximate surface area is 154 Å². The van der Waals surface area contributed by atoms with Crippen molar-refractivity contribution in [2.45, 2.75) is 26.1 Å². The Morgan fingerprint density at radius 3 is 2.68 bits per heavy atom. The summed E-state index contributed by atoms with van der Waals surface area (Å²) in [6, 6.07) is 4.78. The van der Waals surface area contributed by atoms with Gasteiger partial charge in [-0.3, -0.25) is 4.79 Å². The first kappa shape index (κ1) is 17.8. The molecular formula is C18H19BrFN3O2. The lowest BCUT2D eigenvalue weighted by molar-refractivity contribution is -0.137. The van der Waals surface area contributed by atoms with E-state index in [4.69, 9.17) is 4.74 Å². The first-order chi connectivity index (χ1) is 11.9. The Hall–Kier alpha value is -1.99. The molecule has 0 radical (unpaired) electrons. The molecule has 3 rings (SSSR count). The van der Waals surface area contributed by atoms with Gasteiger partial charge in [-0.25, -0.2) is 9.07 Å². The molecule has 2 atom stereocenters. The summed E-state index contributed by atoms with van der Waals surface area (Å²) in [5.41, 5.74) is 0.972. The van der Waals surface area contributed by atoms with Gasteiger partial charge in [0.2, 0.25) is 5.91 Å². The van der Waals surface area contributed by atoms with Gasteiger partial charge in [-0.1, -0.05) is 6.07 Å². The zero-order valence-corrected chi connectivity index (χ0v) is 15.6. The van der Waals surface area contributed by atoms with Gasteiger partial charge in [-0.2, -0.15) is 5.10 Å². The van der Waals surface area contributed by atoms with Crippen LogP contribution in [-0.4, -0.2) is 45.9 Å². The van der Waals surface area contributed by atoms with Crippen LogP contribution in [0.5, 0.6) is 0 Å². The zero-order chi connectivity index (χ0) is 18.0. The second-order valence-electron chi connectivity index (χ2n) is 6.15. The van der Waals surface area contributed by atoms with Crippen LogP contribution >= 0.6 is 15.9 Å². The topological polar surface area (TPSA) is 47.4 Å². The average Bonchev–Trinajstić information content (AvgIpc) is 2.98. The number of aromatic nitrogens is 2. The quantitative estimate of drug-likeness (QED) is 0.732. The number of carbonyl (C=O) groups excluding carboxylic acids is 1. The molecule has 25 heavy (non-hydrogen) atoms. The Kier molecular flexibility index (Phi) is 5.34. The monoisotopic (exact) mass is 407 g/mol. The van der Waals surface area contributed by atoms with Crippen LogP contribution in [0.4, 0.5) is 4.39 Å². The molecule has 1 amide bonds. The van der Waals surface area contributed by atoms with E-state index in [0.717, 1.165) is 4.47 Å². The molecule has 0 N–H and O–H groups in total. The molecule has 7 heteroatoms. The molecule has 1 fully saturated rings. The maximum atomic E-state index is 14.3. The Morgan fingerprint density at radius 1 is 1.36 bits per heavy atom. The summed E-state index contributed by atoms with van der Waals surface area (Å²) in [5.74, 6) is -0.499. The summed E-state index contributed by atoms with van der Waals surface area (Å²) in [6.07, 6.45) is 6.41. The summed E-state index contributed by atoms with van der Waals surface area (Å²) in [5, 5.41) is 4.07. The van der Waals surface area contributed by atoms with Crippen molar-refractivity contribution in [1.82, 2.24) is 14.7 Å². The maximum absolute atomic E-state index is 14.3. The molecule has 1 aromatic heterocycles. The fourth-order valence-corrected chi connectivity index (χ4v) is 3.16. The van der Waals surface area contributed by atoms with E-state index < -0.39 is 5.82 Å². The number of ether oxygens (including phenoxy) is 1. The van der Waals surface area contributed by atoms with Gasteiger partial charge in [-0.15, -0.1) is 0 Å². The number of rotatable bonds is 3. The summed E-state index contributed by atoms with van der Waals surface area (Å²) < 4.78 is 22.2. The van der Waals surface area contributed by atoms with Gasteiger partial charge in [0.05, 0.1) is 22.9 Å². The molecule has 0 saturated carbocycles. The fourth-order valence-electron chi connectivity index (χ4n) is 2.88. The SMILES string of the molecule is CC1CN(C(=O)/C=C/c2ccc(-n3cc(Br)cn3)c(F)c2)CC(C)O1. The Morgan fingerprint density at radius 2 is 2.08 bits per heavy atom. The number of carbonyl (C=O) groups is 1. The minimum absolute atomic E-state index is 0.0197.